The van der Waals surface area contributed by atoms with Gasteiger partial charge in [-0.3, -0.25) is 9.59 Å². The molecule has 9 heteroatoms. The lowest BCUT2D eigenvalue weighted by atomic mass is 10.2. The molecule has 160 valence electrons. The molecule has 0 spiro atoms. The molecule has 30 heavy (non-hydrogen) atoms. The Labute approximate surface area is 180 Å². The van der Waals surface area contributed by atoms with Crippen molar-refractivity contribution in [1.82, 2.24) is 10.7 Å². The molecule has 0 unspecified atom stereocenters. The number of ether oxygens (including phenoxy) is 3. The van der Waals surface area contributed by atoms with Crippen LogP contribution >= 0.6 is 11.6 Å². The van der Waals surface area contributed by atoms with Crippen molar-refractivity contribution in [2.45, 2.75) is 13.5 Å². The van der Waals surface area contributed by atoms with Crippen molar-refractivity contribution in [2.24, 2.45) is 5.10 Å². The predicted octanol–water partition coefficient (Wildman–Crippen LogP) is 2.53. The van der Waals surface area contributed by atoms with Gasteiger partial charge in [0.1, 0.15) is 6.61 Å². The Morgan fingerprint density at radius 1 is 1.07 bits per heavy atom. The highest BCUT2D eigenvalue weighted by molar-refractivity contribution is 6.35. The lowest BCUT2D eigenvalue weighted by Crippen LogP contribution is -2.39. The molecule has 0 saturated carbocycles. The number of methoxy groups -OCH3 is 1. The van der Waals surface area contributed by atoms with Gasteiger partial charge in [0.2, 0.25) is 0 Å². The lowest BCUT2D eigenvalue weighted by Gasteiger charge is -2.12. The number of nitrogens with zero attached hydrogens (tertiary/aromatic N) is 1. The molecule has 0 heterocycles. The van der Waals surface area contributed by atoms with Crippen LogP contribution in [0.15, 0.2) is 47.6 Å². The quantitative estimate of drug-likeness (QED) is 0.260. The van der Waals surface area contributed by atoms with E-state index in [4.69, 9.17) is 25.8 Å². The van der Waals surface area contributed by atoms with Crippen LogP contribution in [0, 0.1) is 0 Å². The van der Waals surface area contributed by atoms with Crippen molar-refractivity contribution in [3.63, 3.8) is 0 Å². The molecule has 2 amide bonds. The largest absolute Gasteiger partial charge is 0.490 e. The van der Waals surface area contributed by atoms with Gasteiger partial charge in [-0.05, 0) is 48.4 Å². The number of hydrogen-bond acceptors (Lipinski definition) is 6. The third-order valence-corrected chi connectivity index (χ3v) is 4.00. The van der Waals surface area contributed by atoms with Gasteiger partial charge >= 0.3 is 11.8 Å². The second kappa shape index (κ2) is 12.5. The fourth-order valence-corrected chi connectivity index (χ4v) is 2.42. The Morgan fingerprint density at radius 2 is 1.83 bits per heavy atom. The number of carbonyl (C=O) groups excluding carboxylic acids is 2. The summed E-state index contributed by atoms with van der Waals surface area (Å²) < 4.78 is 16.3. The summed E-state index contributed by atoms with van der Waals surface area (Å²) in [5.74, 6) is -0.537. The van der Waals surface area contributed by atoms with E-state index in [9.17, 15) is 9.59 Å². The maximum absolute atomic E-state index is 11.7. The van der Waals surface area contributed by atoms with Gasteiger partial charge in [0, 0.05) is 18.7 Å². The van der Waals surface area contributed by atoms with E-state index in [0.29, 0.717) is 41.9 Å². The Balaban J connectivity index is 1.96. The maximum atomic E-state index is 11.7. The third kappa shape index (κ3) is 7.73. The summed E-state index contributed by atoms with van der Waals surface area (Å²) in [7, 11) is 1.50. The minimum atomic E-state index is -0.865. The van der Waals surface area contributed by atoms with E-state index in [0.717, 1.165) is 5.56 Å². The van der Waals surface area contributed by atoms with Crippen molar-refractivity contribution >= 4 is 29.6 Å². The lowest BCUT2D eigenvalue weighted by molar-refractivity contribution is -0.139. The van der Waals surface area contributed by atoms with E-state index in [1.165, 1.54) is 13.3 Å². The molecule has 0 fully saturated rings. The van der Waals surface area contributed by atoms with Crippen LogP contribution < -0.4 is 20.2 Å². The van der Waals surface area contributed by atoms with Crippen LogP contribution in [-0.4, -0.2) is 44.9 Å². The fourth-order valence-electron chi connectivity index (χ4n) is 2.30. The normalized spacial score (nSPS) is 10.6. The number of nitrogens with one attached hydrogen (secondary N) is 2. The molecule has 0 aliphatic rings. The van der Waals surface area contributed by atoms with E-state index in [-0.39, 0.29) is 6.54 Å². The first-order valence-electron chi connectivity index (χ1n) is 9.27. The zero-order valence-electron chi connectivity index (χ0n) is 16.8. The highest BCUT2D eigenvalue weighted by Crippen LogP contribution is 2.29. The van der Waals surface area contributed by atoms with Gasteiger partial charge in [0.05, 0.1) is 19.4 Å². The summed E-state index contributed by atoms with van der Waals surface area (Å²) >= 11 is 5.89. The summed E-state index contributed by atoms with van der Waals surface area (Å²) in [6.45, 7) is 3.23. The van der Waals surface area contributed by atoms with E-state index in [1.807, 2.05) is 19.1 Å². The first-order chi connectivity index (χ1) is 14.5. The van der Waals surface area contributed by atoms with Crippen LogP contribution in [0.5, 0.6) is 11.5 Å². The molecular formula is C21H24ClN3O5. The highest BCUT2D eigenvalue weighted by Gasteiger charge is 2.11. The Hall–Kier alpha value is -3.10. The fraction of sp³-hybridized carbons (Fsp3) is 0.286. The topological polar surface area (TPSA) is 98.2 Å². The minimum Gasteiger partial charge on any atom is -0.490 e. The van der Waals surface area contributed by atoms with E-state index in [2.05, 4.69) is 15.8 Å². The van der Waals surface area contributed by atoms with Crippen molar-refractivity contribution in [2.75, 3.05) is 26.9 Å². The number of rotatable bonds is 10. The maximum Gasteiger partial charge on any atom is 0.329 e. The standard InChI is InChI=1S/C21H24ClN3O5/c1-3-29-19-12-16(13-24-25-21(27)20(26)23-10-11-28-2)6-9-18(19)30-14-15-4-7-17(22)8-5-15/h4-9,12-13H,3,10-11,14H2,1-2H3,(H,23,26)(H,25,27). The van der Waals surface area contributed by atoms with Gasteiger partial charge in [-0.1, -0.05) is 23.7 Å². The second-order valence-electron chi connectivity index (χ2n) is 6.00. The number of carbonyl (C=O) groups is 2. The number of benzene rings is 2. The monoisotopic (exact) mass is 433 g/mol. The van der Waals surface area contributed by atoms with E-state index >= 15 is 0 Å². The van der Waals surface area contributed by atoms with Crippen molar-refractivity contribution in [3.8, 4) is 11.5 Å². The third-order valence-electron chi connectivity index (χ3n) is 3.75. The summed E-state index contributed by atoms with van der Waals surface area (Å²) in [4.78, 5) is 23.2. The van der Waals surface area contributed by atoms with Crippen LogP contribution in [0.4, 0.5) is 0 Å². The van der Waals surface area contributed by atoms with Gasteiger partial charge in [-0.15, -0.1) is 0 Å². The Morgan fingerprint density at radius 3 is 2.53 bits per heavy atom. The van der Waals surface area contributed by atoms with E-state index in [1.54, 1.807) is 30.3 Å². The highest BCUT2D eigenvalue weighted by atomic mass is 35.5. The molecule has 0 aliphatic heterocycles. The number of hydrazone groups is 1. The predicted molar refractivity (Wildman–Crippen MR) is 114 cm³/mol. The average Bonchev–Trinajstić information content (AvgIpc) is 2.74. The summed E-state index contributed by atoms with van der Waals surface area (Å²) in [6.07, 6.45) is 1.41. The molecule has 0 aliphatic carbocycles. The Kier molecular flexibility index (Phi) is 9.63. The van der Waals surface area contributed by atoms with Crippen LogP contribution in [0.1, 0.15) is 18.1 Å². The molecule has 0 atom stereocenters. The average molecular weight is 434 g/mol. The summed E-state index contributed by atoms with van der Waals surface area (Å²) in [5, 5.41) is 6.86. The molecule has 2 rings (SSSR count). The summed E-state index contributed by atoms with van der Waals surface area (Å²) in [5.41, 5.74) is 3.81. The molecule has 0 bridgehead atoms. The molecule has 2 aromatic carbocycles. The zero-order valence-corrected chi connectivity index (χ0v) is 17.6. The smallest absolute Gasteiger partial charge is 0.329 e. The number of amides is 2. The van der Waals surface area contributed by atoms with Crippen LogP contribution in [0.3, 0.4) is 0 Å². The molecule has 8 nitrogen and oxygen atoms in total. The van der Waals surface area contributed by atoms with Crippen LogP contribution in [-0.2, 0) is 20.9 Å². The van der Waals surface area contributed by atoms with Crippen molar-refractivity contribution in [1.29, 1.82) is 0 Å². The minimum absolute atomic E-state index is 0.238. The van der Waals surface area contributed by atoms with Crippen LogP contribution in [0.2, 0.25) is 5.02 Å². The molecule has 0 aromatic heterocycles. The second-order valence-corrected chi connectivity index (χ2v) is 6.44. The SMILES string of the molecule is CCOc1cc(C=NNC(=O)C(=O)NCCOC)ccc1OCc1ccc(Cl)cc1. The zero-order chi connectivity index (χ0) is 21.8. The number of halogens is 1. The van der Waals surface area contributed by atoms with Gasteiger partial charge in [0.15, 0.2) is 11.5 Å². The Bertz CT molecular complexity index is 871. The molecule has 0 saturated heterocycles. The van der Waals surface area contributed by atoms with E-state index < -0.39 is 11.8 Å². The number of hydrogen-bond donors (Lipinski definition) is 2. The first kappa shape index (κ1) is 23.2. The first-order valence-corrected chi connectivity index (χ1v) is 9.65. The molecule has 0 radical (unpaired) electrons. The van der Waals surface area contributed by atoms with Crippen molar-refractivity contribution in [3.05, 3.63) is 58.6 Å². The van der Waals surface area contributed by atoms with Gasteiger partial charge < -0.3 is 19.5 Å². The van der Waals surface area contributed by atoms with Crippen LogP contribution in [0.25, 0.3) is 0 Å². The molecule has 2 aromatic rings. The summed E-state index contributed by atoms with van der Waals surface area (Å²) in [6, 6.07) is 12.6. The molecule has 2 N–H and O–H groups in total. The molecular weight excluding hydrogens is 410 g/mol. The van der Waals surface area contributed by atoms with Gasteiger partial charge in [-0.2, -0.15) is 5.10 Å². The van der Waals surface area contributed by atoms with Gasteiger partial charge in [-0.25, -0.2) is 5.43 Å². The van der Waals surface area contributed by atoms with Gasteiger partial charge in [0.25, 0.3) is 0 Å². The van der Waals surface area contributed by atoms with Crippen molar-refractivity contribution < 1.29 is 23.8 Å².